The standard InChI is InChI=1S/C10H15N3O2/c1-7(2)9-11-10(15-12-9)13-5-3-8(14)4-6-13/h8,14H,1,3-6H2,2H3. The van der Waals surface area contributed by atoms with Crippen LogP contribution in [-0.4, -0.2) is 34.4 Å². The molecule has 1 fully saturated rings. The van der Waals surface area contributed by atoms with E-state index in [1.54, 1.807) is 0 Å². The maximum absolute atomic E-state index is 9.36. The molecule has 1 aliphatic rings. The molecule has 2 rings (SSSR count). The highest BCUT2D eigenvalue weighted by Crippen LogP contribution is 2.19. The average Bonchev–Trinajstić information content (AvgIpc) is 2.68. The summed E-state index contributed by atoms with van der Waals surface area (Å²) < 4.78 is 5.12. The number of rotatable bonds is 2. The highest BCUT2D eigenvalue weighted by molar-refractivity contribution is 5.54. The van der Waals surface area contributed by atoms with Gasteiger partial charge in [0.25, 0.3) is 0 Å². The first-order valence-corrected chi connectivity index (χ1v) is 5.09. The number of nitrogens with zero attached hydrogens (tertiary/aromatic N) is 3. The largest absolute Gasteiger partial charge is 0.393 e. The molecule has 0 saturated carbocycles. The van der Waals surface area contributed by atoms with E-state index in [1.165, 1.54) is 0 Å². The monoisotopic (exact) mass is 209 g/mol. The van der Waals surface area contributed by atoms with Gasteiger partial charge in [-0.1, -0.05) is 11.7 Å². The van der Waals surface area contributed by atoms with Gasteiger partial charge in [-0.05, 0) is 25.3 Å². The van der Waals surface area contributed by atoms with E-state index in [0.717, 1.165) is 31.5 Å². The van der Waals surface area contributed by atoms with Gasteiger partial charge in [-0.15, -0.1) is 0 Å². The van der Waals surface area contributed by atoms with Gasteiger partial charge in [0.15, 0.2) is 5.82 Å². The summed E-state index contributed by atoms with van der Waals surface area (Å²) in [6.45, 7) is 7.12. The average molecular weight is 209 g/mol. The topological polar surface area (TPSA) is 62.4 Å². The first-order valence-electron chi connectivity index (χ1n) is 5.09. The van der Waals surface area contributed by atoms with Gasteiger partial charge in [0.05, 0.1) is 6.10 Å². The maximum atomic E-state index is 9.36. The van der Waals surface area contributed by atoms with Gasteiger partial charge in [0.1, 0.15) is 0 Å². The number of allylic oxidation sites excluding steroid dienone is 1. The lowest BCUT2D eigenvalue weighted by atomic mass is 10.1. The van der Waals surface area contributed by atoms with Gasteiger partial charge in [-0.3, -0.25) is 0 Å². The Kier molecular flexibility index (Phi) is 2.73. The third kappa shape index (κ3) is 2.18. The van der Waals surface area contributed by atoms with E-state index in [2.05, 4.69) is 16.7 Å². The molecule has 5 heteroatoms. The molecule has 15 heavy (non-hydrogen) atoms. The van der Waals surface area contributed by atoms with Gasteiger partial charge in [0, 0.05) is 13.1 Å². The molecule has 1 saturated heterocycles. The third-order valence-corrected chi connectivity index (χ3v) is 2.53. The van der Waals surface area contributed by atoms with Crippen LogP contribution in [0.25, 0.3) is 5.57 Å². The Labute approximate surface area is 88.4 Å². The van der Waals surface area contributed by atoms with E-state index in [0.29, 0.717) is 11.8 Å². The summed E-state index contributed by atoms with van der Waals surface area (Å²) in [6.07, 6.45) is 1.32. The molecule has 0 unspecified atom stereocenters. The van der Waals surface area contributed by atoms with Gasteiger partial charge < -0.3 is 14.5 Å². The van der Waals surface area contributed by atoms with E-state index in [1.807, 2.05) is 11.8 Å². The molecule has 0 radical (unpaired) electrons. The summed E-state index contributed by atoms with van der Waals surface area (Å²) >= 11 is 0. The lowest BCUT2D eigenvalue weighted by molar-refractivity contribution is 0.143. The van der Waals surface area contributed by atoms with E-state index in [9.17, 15) is 5.11 Å². The zero-order valence-electron chi connectivity index (χ0n) is 8.81. The van der Waals surface area contributed by atoms with Crippen molar-refractivity contribution in [3.8, 4) is 0 Å². The minimum Gasteiger partial charge on any atom is -0.393 e. The number of hydrogen-bond acceptors (Lipinski definition) is 5. The van der Waals surface area contributed by atoms with E-state index >= 15 is 0 Å². The second-order valence-electron chi connectivity index (χ2n) is 3.90. The third-order valence-electron chi connectivity index (χ3n) is 2.53. The van der Waals surface area contributed by atoms with Crippen molar-refractivity contribution in [2.75, 3.05) is 18.0 Å². The summed E-state index contributed by atoms with van der Waals surface area (Å²) in [5.74, 6) is 0.552. The zero-order chi connectivity index (χ0) is 10.8. The second-order valence-corrected chi connectivity index (χ2v) is 3.90. The normalized spacial score (nSPS) is 18.1. The molecule has 0 amide bonds. The number of aliphatic hydroxyl groups is 1. The Bertz CT molecular complexity index is 353. The summed E-state index contributed by atoms with van der Waals surface area (Å²) in [6, 6.07) is 0.528. The fraction of sp³-hybridized carbons (Fsp3) is 0.600. The van der Waals surface area contributed by atoms with Crippen molar-refractivity contribution in [3.63, 3.8) is 0 Å². The SMILES string of the molecule is C=C(C)c1noc(N2CCC(O)CC2)n1. The number of anilines is 1. The predicted molar refractivity (Wildman–Crippen MR) is 56.5 cm³/mol. The van der Waals surface area contributed by atoms with Crippen LogP contribution in [0.2, 0.25) is 0 Å². The molecule has 1 aromatic rings. The molecular formula is C10H15N3O2. The Morgan fingerprint density at radius 1 is 1.53 bits per heavy atom. The van der Waals surface area contributed by atoms with Crippen molar-refractivity contribution < 1.29 is 9.63 Å². The molecule has 1 N–H and O–H groups in total. The number of aromatic nitrogens is 2. The fourth-order valence-corrected chi connectivity index (χ4v) is 1.57. The second kappa shape index (κ2) is 4.02. The van der Waals surface area contributed by atoms with E-state index in [-0.39, 0.29) is 6.10 Å². The van der Waals surface area contributed by atoms with E-state index in [4.69, 9.17) is 4.52 Å². The van der Waals surface area contributed by atoms with Crippen LogP contribution in [0.1, 0.15) is 25.6 Å². The first-order chi connectivity index (χ1) is 7.16. The van der Waals surface area contributed by atoms with Gasteiger partial charge in [-0.25, -0.2) is 0 Å². The van der Waals surface area contributed by atoms with Crippen LogP contribution in [0.15, 0.2) is 11.1 Å². The summed E-state index contributed by atoms with van der Waals surface area (Å²) in [5, 5.41) is 13.2. The molecule has 1 aliphatic heterocycles. The molecular weight excluding hydrogens is 194 g/mol. The van der Waals surface area contributed by atoms with Crippen molar-refractivity contribution in [3.05, 3.63) is 12.4 Å². The van der Waals surface area contributed by atoms with Crippen LogP contribution in [0.4, 0.5) is 6.01 Å². The molecule has 82 valence electrons. The highest BCUT2D eigenvalue weighted by Gasteiger charge is 2.21. The fourth-order valence-electron chi connectivity index (χ4n) is 1.57. The molecule has 0 aromatic carbocycles. The van der Waals surface area contributed by atoms with Gasteiger partial charge >= 0.3 is 6.01 Å². The minimum atomic E-state index is -0.190. The van der Waals surface area contributed by atoms with Crippen LogP contribution in [0.3, 0.4) is 0 Å². The van der Waals surface area contributed by atoms with Crippen molar-refractivity contribution >= 4 is 11.6 Å². The molecule has 0 atom stereocenters. The van der Waals surface area contributed by atoms with Crippen molar-refractivity contribution in [1.29, 1.82) is 0 Å². The minimum absolute atomic E-state index is 0.190. The van der Waals surface area contributed by atoms with E-state index < -0.39 is 0 Å². The van der Waals surface area contributed by atoms with Crippen LogP contribution in [0.5, 0.6) is 0 Å². The number of hydrogen-bond donors (Lipinski definition) is 1. The lowest BCUT2D eigenvalue weighted by Gasteiger charge is -2.27. The maximum Gasteiger partial charge on any atom is 0.324 e. The van der Waals surface area contributed by atoms with Crippen LogP contribution < -0.4 is 4.90 Å². The first kappa shape index (κ1) is 10.2. The summed E-state index contributed by atoms with van der Waals surface area (Å²) in [7, 11) is 0. The summed E-state index contributed by atoms with van der Waals surface area (Å²) in [4.78, 5) is 6.22. The van der Waals surface area contributed by atoms with Crippen molar-refractivity contribution in [1.82, 2.24) is 10.1 Å². The Hall–Kier alpha value is -1.36. The number of aliphatic hydroxyl groups excluding tert-OH is 1. The Balaban J connectivity index is 2.06. The molecule has 0 spiro atoms. The molecule has 2 heterocycles. The summed E-state index contributed by atoms with van der Waals surface area (Å²) in [5.41, 5.74) is 0.794. The molecule has 0 aliphatic carbocycles. The van der Waals surface area contributed by atoms with Crippen LogP contribution in [0, 0.1) is 0 Å². The van der Waals surface area contributed by atoms with Gasteiger partial charge in [-0.2, -0.15) is 4.98 Å². The number of piperidine rings is 1. The lowest BCUT2D eigenvalue weighted by Crippen LogP contribution is -2.35. The molecule has 0 bridgehead atoms. The molecule has 1 aromatic heterocycles. The highest BCUT2D eigenvalue weighted by atomic mass is 16.5. The zero-order valence-corrected chi connectivity index (χ0v) is 8.81. The van der Waals surface area contributed by atoms with Crippen molar-refractivity contribution in [2.45, 2.75) is 25.9 Å². The molecule has 5 nitrogen and oxygen atoms in total. The Morgan fingerprint density at radius 3 is 2.73 bits per heavy atom. The van der Waals surface area contributed by atoms with Crippen molar-refractivity contribution in [2.24, 2.45) is 0 Å². The smallest absolute Gasteiger partial charge is 0.324 e. The van der Waals surface area contributed by atoms with Crippen LogP contribution in [-0.2, 0) is 0 Å². The van der Waals surface area contributed by atoms with Crippen LogP contribution >= 0.6 is 0 Å². The Morgan fingerprint density at radius 2 is 2.20 bits per heavy atom. The van der Waals surface area contributed by atoms with Gasteiger partial charge in [0.2, 0.25) is 0 Å². The quantitative estimate of drug-likeness (QED) is 0.789. The predicted octanol–water partition coefficient (Wildman–Crippen LogP) is 1.06.